The Kier molecular flexibility index (Phi) is 6.09. The normalized spacial score (nSPS) is 13.4. The molecule has 0 aromatic carbocycles. The number of hydrogen-bond acceptors (Lipinski definition) is 1. The molecule has 0 spiro atoms. The van der Waals surface area contributed by atoms with Crippen molar-refractivity contribution < 1.29 is 0 Å². The van der Waals surface area contributed by atoms with Gasteiger partial charge in [0.05, 0.1) is 0 Å². The van der Waals surface area contributed by atoms with Crippen LogP contribution in [0, 0.1) is 5.92 Å². The van der Waals surface area contributed by atoms with Crippen molar-refractivity contribution in [3.8, 4) is 0 Å². The standard InChI is InChI=1S/C11H23N/c1-6-7-8-10(2)11(3)9-12(4)5/h11H,2,6-9H2,1,3-5H3. The van der Waals surface area contributed by atoms with E-state index in [1.807, 2.05) is 0 Å². The summed E-state index contributed by atoms with van der Waals surface area (Å²) in [6.45, 7) is 9.73. The molecule has 0 heterocycles. The largest absolute Gasteiger partial charge is 0.309 e. The van der Waals surface area contributed by atoms with Crippen LogP contribution in [0.15, 0.2) is 12.2 Å². The molecule has 0 N–H and O–H groups in total. The van der Waals surface area contributed by atoms with Crippen molar-refractivity contribution in [3.05, 3.63) is 12.2 Å². The summed E-state index contributed by atoms with van der Waals surface area (Å²) >= 11 is 0. The van der Waals surface area contributed by atoms with Gasteiger partial charge in [-0.1, -0.05) is 32.4 Å². The molecule has 0 aliphatic rings. The summed E-state index contributed by atoms with van der Waals surface area (Å²) in [7, 11) is 4.23. The molecular formula is C11H23N. The number of unbranched alkanes of at least 4 members (excludes halogenated alkanes) is 1. The van der Waals surface area contributed by atoms with E-state index in [0.717, 1.165) is 6.54 Å². The Labute approximate surface area is 77.5 Å². The smallest absolute Gasteiger partial charge is 0.00381 e. The van der Waals surface area contributed by atoms with Crippen molar-refractivity contribution >= 4 is 0 Å². The van der Waals surface area contributed by atoms with E-state index in [-0.39, 0.29) is 0 Å². The minimum atomic E-state index is 0.645. The monoisotopic (exact) mass is 169 g/mol. The predicted molar refractivity (Wildman–Crippen MR) is 56.4 cm³/mol. The van der Waals surface area contributed by atoms with Crippen molar-refractivity contribution in [2.75, 3.05) is 20.6 Å². The zero-order valence-corrected chi connectivity index (χ0v) is 9.06. The van der Waals surface area contributed by atoms with Gasteiger partial charge in [-0.05, 0) is 32.9 Å². The molecule has 0 radical (unpaired) electrons. The van der Waals surface area contributed by atoms with Crippen LogP contribution in [-0.4, -0.2) is 25.5 Å². The Morgan fingerprint density at radius 3 is 2.42 bits per heavy atom. The van der Waals surface area contributed by atoms with E-state index in [9.17, 15) is 0 Å². The van der Waals surface area contributed by atoms with Gasteiger partial charge in [0.15, 0.2) is 0 Å². The summed E-state index contributed by atoms with van der Waals surface area (Å²) in [6.07, 6.45) is 3.76. The molecule has 1 unspecified atom stereocenters. The Balaban J connectivity index is 3.61. The maximum atomic E-state index is 4.12. The van der Waals surface area contributed by atoms with E-state index >= 15 is 0 Å². The van der Waals surface area contributed by atoms with Crippen LogP contribution < -0.4 is 0 Å². The molecule has 1 atom stereocenters. The van der Waals surface area contributed by atoms with E-state index in [1.54, 1.807) is 0 Å². The van der Waals surface area contributed by atoms with Crippen LogP contribution >= 0.6 is 0 Å². The summed E-state index contributed by atoms with van der Waals surface area (Å²) in [4.78, 5) is 2.22. The van der Waals surface area contributed by atoms with Gasteiger partial charge in [0.2, 0.25) is 0 Å². The van der Waals surface area contributed by atoms with E-state index < -0.39 is 0 Å². The highest BCUT2D eigenvalue weighted by atomic mass is 15.1. The van der Waals surface area contributed by atoms with E-state index in [4.69, 9.17) is 0 Å². The van der Waals surface area contributed by atoms with Gasteiger partial charge in [-0.2, -0.15) is 0 Å². The van der Waals surface area contributed by atoms with Crippen molar-refractivity contribution in [3.63, 3.8) is 0 Å². The van der Waals surface area contributed by atoms with Gasteiger partial charge in [-0.25, -0.2) is 0 Å². The molecule has 0 saturated heterocycles. The third-order valence-electron chi connectivity index (χ3n) is 2.19. The topological polar surface area (TPSA) is 3.24 Å². The molecule has 0 rings (SSSR count). The molecule has 0 aromatic heterocycles. The number of nitrogens with zero attached hydrogens (tertiary/aromatic N) is 1. The molecule has 1 nitrogen and oxygen atoms in total. The molecule has 0 saturated carbocycles. The van der Waals surface area contributed by atoms with Crippen LogP contribution in [0.1, 0.15) is 33.1 Å². The van der Waals surface area contributed by atoms with Crippen LogP contribution in [0.3, 0.4) is 0 Å². The van der Waals surface area contributed by atoms with Crippen molar-refractivity contribution in [2.45, 2.75) is 33.1 Å². The lowest BCUT2D eigenvalue weighted by molar-refractivity contribution is 0.359. The first-order chi connectivity index (χ1) is 5.57. The zero-order chi connectivity index (χ0) is 9.56. The number of rotatable bonds is 6. The lowest BCUT2D eigenvalue weighted by atomic mass is 9.97. The van der Waals surface area contributed by atoms with Crippen LogP contribution in [-0.2, 0) is 0 Å². The van der Waals surface area contributed by atoms with Gasteiger partial charge in [-0.15, -0.1) is 0 Å². The highest BCUT2D eigenvalue weighted by Crippen LogP contribution is 2.15. The minimum absolute atomic E-state index is 0.645. The van der Waals surface area contributed by atoms with Gasteiger partial charge in [-0.3, -0.25) is 0 Å². The Morgan fingerprint density at radius 1 is 1.42 bits per heavy atom. The summed E-state index contributed by atoms with van der Waals surface area (Å²) in [5.74, 6) is 0.645. The van der Waals surface area contributed by atoms with Gasteiger partial charge in [0, 0.05) is 6.54 Å². The van der Waals surface area contributed by atoms with Crippen LogP contribution in [0.5, 0.6) is 0 Å². The second-order valence-corrected chi connectivity index (χ2v) is 3.93. The van der Waals surface area contributed by atoms with Crippen LogP contribution in [0.4, 0.5) is 0 Å². The SMILES string of the molecule is C=C(CCCC)C(C)CN(C)C. The van der Waals surface area contributed by atoms with E-state index in [1.165, 1.54) is 24.8 Å². The molecule has 0 fully saturated rings. The average Bonchev–Trinajstić information content (AvgIpc) is 1.98. The molecule has 72 valence electrons. The maximum Gasteiger partial charge on any atom is 0.00381 e. The minimum Gasteiger partial charge on any atom is -0.309 e. The lowest BCUT2D eigenvalue weighted by Crippen LogP contribution is -2.20. The van der Waals surface area contributed by atoms with Crippen molar-refractivity contribution in [2.24, 2.45) is 5.92 Å². The fraction of sp³-hybridized carbons (Fsp3) is 0.818. The first-order valence-electron chi connectivity index (χ1n) is 4.90. The molecule has 0 amide bonds. The second-order valence-electron chi connectivity index (χ2n) is 3.93. The molecular weight excluding hydrogens is 146 g/mol. The summed E-state index contributed by atoms with van der Waals surface area (Å²) < 4.78 is 0. The quantitative estimate of drug-likeness (QED) is 0.553. The molecule has 0 aliphatic heterocycles. The van der Waals surface area contributed by atoms with Crippen LogP contribution in [0.25, 0.3) is 0 Å². The Hall–Kier alpha value is -0.300. The van der Waals surface area contributed by atoms with Crippen molar-refractivity contribution in [1.29, 1.82) is 0 Å². The number of hydrogen-bond donors (Lipinski definition) is 0. The predicted octanol–water partition coefficient (Wildman–Crippen LogP) is 2.93. The molecule has 0 aromatic rings. The summed E-state index contributed by atoms with van der Waals surface area (Å²) in [5.41, 5.74) is 1.41. The highest BCUT2D eigenvalue weighted by molar-refractivity contribution is 4.99. The van der Waals surface area contributed by atoms with Gasteiger partial charge < -0.3 is 4.90 Å². The fourth-order valence-electron chi connectivity index (χ4n) is 1.33. The first kappa shape index (κ1) is 11.7. The van der Waals surface area contributed by atoms with Gasteiger partial charge in [0.25, 0.3) is 0 Å². The third kappa shape index (κ3) is 5.36. The third-order valence-corrected chi connectivity index (χ3v) is 2.19. The maximum absolute atomic E-state index is 4.12. The summed E-state index contributed by atoms with van der Waals surface area (Å²) in [6, 6.07) is 0. The molecule has 1 heteroatoms. The molecule has 0 aliphatic carbocycles. The van der Waals surface area contributed by atoms with Crippen molar-refractivity contribution in [1.82, 2.24) is 4.90 Å². The Morgan fingerprint density at radius 2 is 2.00 bits per heavy atom. The first-order valence-corrected chi connectivity index (χ1v) is 4.90. The van der Waals surface area contributed by atoms with Gasteiger partial charge in [0.1, 0.15) is 0 Å². The van der Waals surface area contributed by atoms with Crippen LogP contribution in [0.2, 0.25) is 0 Å². The fourth-order valence-corrected chi connectivity index (χ4v) is 1.33. The van der Waals surface area contributed by atoms with Gasteiger partial charge >= 0.3 is 0 Å². The van der Waals surface area contributed by atoms with E-state index in [2.05, 4.69) is 39.4 Å². The molecule has 0 bridgehead atoms. The Bertz CT molecular complexity index is 127. The highest BCUT2D eigenvalue weighted by Gasteiger charge is 2.06. The summed E-state index contributed by atoms with van der Waals surface area (Å²) in [5, 5.41) is 0. The molecule has 12 heavy (non-hydrogen) atoms. The zero-order valence-electron chi connectivity index (χ0n) is 9.06. The van der Waals surface area contributed by atoms with E-state index in [0.29, 0.717) is 5.92 Å². The second kappa shape index (κ2) is 6.24. The lowest BCUT2D eigenvalue weighted by Gasteiger charge is -2.18. The average molecular weight is 169 g/mol.